The maximum absolute atomic E-state index is 12.3. The number of nitrogens with two attached hydrogens (primary N) is 1. The largest absolute Gasteiger partial charge is 0.366 e. The zero-order chi connectivity index (χ0) is 18.8. The number of primary amides is 1. The molecule has 27 heavy (non-hydrogen) atoms. The van der Waals surface area contributed by atoms with Crippen molar-refractivity contribution in [2.75, 3.05) is 25.0 Å². The van der Waals surface area contributed by atoms with Gasteiger partial charge in [-0.15, -0.1) is 11.3 Å². The van der Waals surface area contributed by atoms with Crippen LogP contribution in [0.1, 0.15) is 22.3 Å². The number of anilines is 1. The summed E-state index contributed by atoms with van der Waals surface area (Å²) < 4.78 is 0. The van der Waals surface area contributed by atoms with Crippen LogP contribution in [0.15, 0.2) is 48.0 Å². The number of carbonyl (C=O) groups is 2. The summed E-state index contributed by atoms with van der Waals surface area (Å²) in [6.45, 7) is 1.81. The van der Waals surface area contributed by atoms with Crippen molar-refractivity contribution in [1.29, 1.82) is 0 Å². The number of hydrogen-bond acceptors (Lipinski definition) is 4. The van der Waals surface area contributed by atoms with Gasteiger partial charge in [-0.1, -0.05) is 24.3 Å². The van der Waals surface area contributed by atoms with E-state index in [0.29, 0.717) is 10.6 Å². The standard InChI is InChI=1S/C20H20N4O2S/c21-19(26)15-7-10-27-20(15)23-18(25)12-24-8-5-13(6-9-24)16-11-22-17-4-2-1-3-14(16)17/h1-5,7,10-11,22H,6,8-9,12H2,(H2,21,26)(H,23,25). The molecule has 3 heterocycles. The normalized spacial score (nSPS) is 14.9. The van der Waals surface area contributed by atoms with Gasteiger partial charge in [-0.3, -0.25) is 14.5 Å². The number of para-hydroxylation sites is 1. The van der Waals surface area contributed by atoms with E-state index in [9.17, 15) is 9.59 Å². The Hall–Kier alpha value is -2.90. The van der Waals surface area contributed by atoms with E-state index in [4.69, 9.17) is 5.73 Å². The fourth-order valence-electron chi connectivity index (χ4n) is 3.41. The van der Waals surface area contributed by atoms with Crippen LogP contribution in [-0.2, 0) is 4.79 Å². The highest BCUT2D eigenvalue weighted by molar-refractivity contribution is 7.14. The molecular formula is C20H20N4O2S. The minimum Gasteiger partial charge on any atom is -0.366 e. The molecule has 0 saturated heterocycles. The summed E-state index contributed by atoms with van der Waals surface area (Å²) >= 11 is 1.30. The van der Waals surface area contributed by atoms with E-state index in [-0.39, 0.29) is 12.5 Å². The van der Waals surface area contributed by atoms with Gasteiger partial charge in [-0.05, 0) is 29.5 Å². The first-order chi connectivity index (χ1) is 13.1. The number of hydrogen-bond donors (Lipinski definition) is 3. The van der Waals surface area contributed by atoms with E-state index in [1.54, 1.807) is 11.4 Å². The van der Waals surface area contributed by atoms with Gasteiger partial charge in [0, 0.05) is 35.8 Å². The molecule has 0 fully saturated rings. The maximum Gasteiger partial charge on any atom is 0.251 e. The predicted molar refractivity (Wildman–Crippen MR) is 109 cm³/mol. The third-order valence-electron chi connectivity index (χ3n) is 4.78. The molecule has 6 nitrogen and oxygen atoms in total. The van der Waals surface area contributed by atoms with Crippen LogP contribution in [0.3, 0.4) is 0 Å². The smallest absolute Gasteiger partial charge is 0.251 e. The van der Waals surface area contributed by atoms with Gasteiger partial charge in [0.25, 0.3) is 5.91 Å². The molecule has 1 aromatic carbocycles. The second-order valence-electron chi connectivity index (χ2n) is 6.54. The number of aromatic amines is 1. The molecule has 3 aromatic rings. The number of thiophene rings is 1. The molecule has 1 aliphatic heterocycles. The molecule has 0 saturated carbocycles. The summed E-state index contributed by atoms with van der Waals surface area (Å²) in [7, 11) is 0. The Bertz CT molecular complexity index is 1030. The van der Waals surface area contributed by atoms with E-state index in [1.807, 2.05) is 12.1 Å². The molecule has 4 rings (SSSR count). The molecule has 0 radical (unpaired) electrons. The first-order valence-electron chi connectivity index (χ1n) is 8.77. The molecule has 2 aromatic heterocycles. The summed E-state index contributed by atoms with van der Waals surface area (Å²) in [5.74, 6) is -0.667. The van der Waals surface area contributed by atoms with E-state index < -0.39 is 5.91 Å². The zero-order valence-corrected chi connectivity index (χ0v) is 15.5. The van der Waals surface area contributed by atoms with Crippen LogP contribution in [0.25, 0.3) is 16.5 Å². The lowest BCUT2D eigenvalue weighted by Gasteiger charge is -2.25. The van der Waals surface area contributed by atoms with Crippen molar-refractivity contribution < 1.29 is 9.59 Å². The van der Waals surface area contributed by atoms with Gasteiger partial charge in [0.15, 0.2) is 0 Å². The van der Waals surface area contributed by atoms with Crippen LogP contribution in [0.5, 0.6) is 0 Å². The average molecular weight is 380 g/mol. The lowest BCUT2D eigenvalue weighted by atomic mass is 9.99. The number of fused-ring (bicyclic) bond motifs is 1. The molecule has 0 unspecified atom stereocenters. The number of nitrogens with zero attached hydrogens (tertiary/aromatic N) is 1. The fourth-order valence-corrected chi connectivity index (χ4v) is 4.21. The zero-order valence-electron chi connectivity index (χ0n) is 14.7. The number of carbonyl (C=O) groups excluding carboxylic acids is 2. The Kier molecular flexibility index (Phi) is 4.79. The van der Waals surface area contributed by atoms with Crippen molar-refractivity contribution in [3.05, 3.63) is 59.1 Å². The van der Waals surface area contributed by atoms with E-state index >= 15 is 0 Å². The lowest BCUT2D eigenvalue weighted by Crippen LogP contribution is -2.36. The van der Waals surface area contributed by atoms with Crippen LogP contribution < -0.4 is 11.1 Å². The SMILES string of the molecule is NC(=O)c1ccsc1NC(=O)CN1CC=C(c2c[nH]c3ccccc23)CC1. The van der Waals surface area contributed by atoms with Gasteiger partial charge < -0.3 is 16.0 Å². The predicted octanol–water partition coefficient (Wildman–Crippen LogP) is 3.06. The summed E-state index contributed by atoms with van der Waals surface area (Å²) in [6.07, 6.45) is 5.13. The van der Waals surface area contributed by atoms with Gasteiger partial charge in [0.05, 0.1) is 12.1 Å². The second-order valence-corrected chi connectivity index (χ2v) is 7.45. The second kappa shape index (κ2) is 7.38. The Morgan fingerprint density at radius 3 is 2.89 bits per heavy atom. The lowest BCUT2D eigenvalue weighted by molar-refractivity contribution is -0.117. The van der Waals surface area contributed by atoms with Gasteiger partial charge in [-0.25, -0.2) is 0 Å². The highest BCUT2D eigenvalue weighted by atomic mass is 32.1. The molecule has 7 heteroatoms. The topological polar surface area (TPSA) is 91.2 Å². The highest BCUT2D eigenvalue weighted by Gasteiger charge is 2.19. The minimum atomic E-state index is -0.532. The quantitative estimate of drug-likeness (QED) is 0.635. The summed E-state index contributed by atoms with van der Waals surface area (Å²) in [6, 6.07) is 9.89. The average Bonchev–Trinajstić information content (AvgIpc) is 3.29. The Morgan fingerprint density at radius 1 is 1.26 bits per heavy atom. The van der Waals surface area contributed by atoms with E-state index in [2.05, 4.69) is 39.6 Å². The molecule has 2 amide bonds. The molecule has 138 valence electrons. The summed E-state index contributed by atoms with van der Waals surface area (Å²) in [5, 5.41) is 6.28. The number of nitrogens with one attached hydrogen (secondary N) is 2. The van der Waals surface area contributed by atoms with Crippen LogP contribution in [-0.4, -0.2) is 41.3 Å². The van der Waals surface area contributed by atoms with Crippen molar-refractivity contribution in [2.45, 2.75) is 6.42 Å². The molecule has 1 aliphatic rings. The number of aromatic nitrogens is 1. The van der Waals surface area contributed by atoms with Crippen molar-refractivity contribution in [3.8, 4) is 0 Å². The van der Waals surface area contributed by atoms with Crippen molar-refractivity contribution in [1.82, 2.24) is 9.88 Å². The van der Waals surface area contributed by atoms with Gasteiger partial charge >= 0.3 is 0 Å². The van der Waals surface area contributed by atoms with Crippen LogP contribution in [0.2, 0.25) is 0 Å². The molecule has 0 aliphatic carbocycles. The monoisotopic (exact) mass is 380 g/mol. The first-order valence-corrected chi connectivity index (χ1v) is 9.65. The number of amides is 2. The first kappa shape index (κ1) is 17.5. The van der Waals surface area contributed by atoms with Crippen molar-refractivity contribution in [3.63, 3.8) is 0 Å². The minimum absolute atomic E-state index is 0.135. The Balaban J connectivity index is 1.39. The van der Waals surface area contributed by atoms with Crippen molar-refractivity contribution in [2.24, 2.45) is 5.73 Å². The van der Waals surface area contributed by atoms with Crippen LogP contribution in [0.4, 0.5) is 5.00 Å². The third-order valence-corrected chi connectivity index (χ3v) is 5.61. The number of H-pyrrole nitrogens is 1. The molecular weight excluding hydrogens is 360 g/mol. The number of rotatable bonds is 5. The van der Waals surface area contributed by atoms with E-state index in [0.717, 1.165) is 25.0 Å². The molecule has 0 atom stereocenters. The highest BCUT2D eigenvalue weighted by Crippen LogP contribution is 2.29. The maximum atomic E-state index is 12.3. The Morgan fingerprint density at radius 2 is 2.11 bits per heavy atom. The van der Waals surface area contributed by atoms with Gasteiger partial charge in [0.2, 0.25) is 5.91 Å². The van der Waals surface area contributed by atoms with Gasteiger partial charge in [0.1, 0.15) is 5.00 Å². The van der Waals surface area contributed by atoms with Gasteiger partial charge in [-0.2, -0.15) is 0 Å². The summed E-state index contributed by atoms with van der Waals surface area (Å²) in [4.78, 5) is 29.1. The molecule has 4 N–H and O–H groups in total. The molecule has 0 spiro atoms. The molecule has 0 bridgehead atoms. The van der Waals surface area contributed by atoms with Crippen LogP contribution >= 0.6 is 11.3 Å². The van der Waals surface area contributed by atoms with Crippen molar-refractivity contribution >= 4 is 44.6 Å². The van der Waals surface area contributed by atoms with Crippen LogP contribution in [0, 0.1) is 0 Å². The Labute approximate surface area is 160 Å². The fraction of sp³-hybridized carbons (Fsp3) is 0.200. The third kappa shape index (κ3) is 3.65. The summed E-state index contributed by atoms with van der Waals surface area (Å²) in [5.41, 5.74) is 9.35. The number of benzene rings is 1. The van der Waals surface area contributed by atoms with E-state index in [1.165, 1.54) is 27.9 Å².